The lowest BCUT2D eigenvalue weighted by Gasteiger charge is -2.30. The predicted octanol–water partition coefficient (Wildman–Crippen LogP) is 3.78. The second kappa shape index (κ2) is 8.96. The topological polar surface area (TPSA) is 92.3 Å². The normalized spacial score (nSPS) is 17.3. The van der Waals surface area contributed by atoms with Crippen LogP contribution in [0.1, 0.15) is 33.6 Å². The second-order valence-corrected chi connectivity index (χ2v) is 10.1. The summed E-state index contributed by atoms with van der Waals surface area (Å²) in [6.07, 6.45) is 1.12. The Morgan fingerprint density at radius 2 is 1.78 bits per heavy atom. The van der Waals surface area contributed by atoms with Crippen molar-refractivity contribution in [1.29, 1.82) is 0 Å². The highest BCUT2D eigenvalue weighted by Crippen LogP contribution is 2.32. The Hall–Kier alpha value is -2.83. The molecule has 4 rings (SSSR count). The van der Waals surface area contributed by atoms with Gasteiger partial charge in [-0.25, -0.2) is 21.6 Å². The number of halogens is 3. The fourth-order valence-electron chi connectivity index (χ4n) is 3.39. The van der Waals surface area contributed by atoms with E-state index in [4.69, 9.17) is 0 Å². The van der Waals surface area contributed by atoms with E-state index in [-0.39, 0.29) is 24.0 Å². The number of nitrogens with zero attached hydrogens (tertiary/aromatic N) is 3. The van der Waals surface area contributed by atoms with Gasteiger partial charge in [-0.1, -0.05) is 11.3 Å². The first kappa shape index (κ1) is 22.4. The molecule has 32 heavy (non-hydrogen) atoms. The molecular weight excluding hydrogens is 465 g/mol. The predicted molar refractivity (Wildman–Crippen MR) is 111 cm³/mol. The van der Waals surface area contributed by atoms with E-state index >= 15 is 0 Å². The Kier molecular flexibility index (Phi) is 6.26. The van der Waals surface area contributed by atoms with Gasteiger partial charge in [0.25, 0.3) is 5.91 Å². The SMILES string of the molecule is O=C(Nc1ccc(F)cc1)c1nnc([C@H]2CCCN(S(=O)(=O)c3ccc(F)cc3F)C2)s1. The molecule has 1 N–H and O–H groups in total. The number of hydrogen-bond donors (Lipinski definition) is 1. The lowest BCUT2D eigenvalue weighted by Crippen LogP contribution is -2.39. The number of hydrogen-bond acceptors (Lipinski definition) is 6. The molecule has 0 aliphatic carbocycles. The van der Waals surface area contributed by atoms with Crippen LogP contribution in [0.15, 0.2) is 47.4 Å². The molecule has 1 fully saturated rings. The van der Waals surface area contributed by atoms with Crippen LogP contribution in [-0.4, -0.2) is 41.9 Å². The van der Waals surface area contributed by atoms with Crippen LogP contribution in [0.3, 0.4) is 0 Å². The molecule has 168 valence electrons. The minimum absolute atomic E-state index is 0.0351. The lowest BCUT2D eigenvalue weighted by atomic mass is 10.0. The van der Waals surface area contributed by atoms with Crippen molar-refractivity contribution in [3.05, 3.63) is 69.9 Å². The summed E-state index contributed by atoms with van der Waals surface area (Å²) in [7, 11) is -4.17. The Bertz CT molecular complexity index is 1250. The van der Waals surface area contributed by atoms with Crippen molar-refractivity contribution in [3.8, 4) is 0 Å². The van der Waals surface area contributed by atoms with Gasteiger partial charge in [0.1, 0.15) is 27.4 Å². The smallest absolute Gasteiger partial charge is 0.286 e. The maximum Gasteiger partial charge on any atom is 0.286 e. The Morgan fingerprint density at radius 1 is 1.06 bits per heavy atom. The molecule has 1 aliphatic heterocycles. The summed E-state index contributed by atoms with van der Waals surface area (Å²) in [6.45, 7) is 0.222. The van der Waals surface area contributed by atoms with Crippen molar-refractivity contribution in [2.75, 3.05) is 18.4 Å². The van der Waals surface area contributed by atoms with Gasteiger partial charge in [-0.3, -0.25) is 4.79 Å². The molecule has 0 radical (unpaired) electrons. The number of amides is 1. The monoisotopic (exact) mass is 482 g/mol. The van der Waals surface area contributed by atoms with Crippen molar-refractivity contribution >= 4 is 33.0 Å². The zero-order valence-corrected chi connectivity index (χ0v) is 18.1. The third-order valence-corrected chi connectivity index (χ3v) is 7.96. The number of sulfonamides is 1. The van der Waals surface area contributed by atoms with Crippen LogP contribution < -0.4 is 5.32 Å². The first-order valence-electron chi connectivity index (χ1n) is 9.59. The third-order valence-electron chi connectivity index (χ3n) is 4.98. The molecule has 0 saturated carbocycles. The van der Waals surface area contributed by atoms with Crippen molar-refractivity contribution in [3.63, 3.8) is 0 Å². The van der Waals surface area contributed by atoms with E-state index in [0.29, 0.717) is 29.6 Å². The van der Waals surface area contributed by atoms with Gasteiger partial charge in [0, 0.05) is 30.8 Å². The van der Waals surface area contributed by atoms with E-state index < -0.39 is 38.3 Å². The van der Waals surface area contributed by atoms with Crippen LogP contribution in [-0.2, 0) is 10.0 Å². The summed E-state index contributed by atoms with van der Waals surface area (Å²) in [5, 5.41) is 11.1. The molecule has 1 saturated heterocycles. The zero-order chi connectivity index (χ0) is 22.9. The van der Waals surface area contributed by atoms with Gasteiger partial charge in [-0.15, -0.1) is 10.2 Å². The summed E-state index contributed by atoms with van der Waals surface area (Å²) < 4.78 is 67.1. The largest absolute Gasteiger partial charge is 0.320 e. The average molecular weight is 483 g/mol. The van der Waals surface area contributed by atoms with Gasteiger partial charge < -0.3 is 5.32 Å². The average Bonchev–Trinajstić information content (AvgIpc) is 3.26. The molecule has 1 amide bonds. The highest BCUT2D eigenvalue weighted by atomic mass is 32.2. The Balaban J connectivity index is 1.48. The minimum atomic E-state index is -4.17. The van der Waals surface area contributed by atoms with E-state index in [1.54, 1.807) is 0 Å². The molecule has 12 heteroatoms. The van der Waals surface area contributed by atoms with Gasteiger partial charge >= 0.3 is 0 Å². The first-order valence-corrected chi connectivity index (χ1v) is 11.9. The standard InChI is InChI=1S/C20H17F3N4O3S2/c21-13-3-6-15(7-4-13)24-18(28)20-26-25-19(31-20)12-2-1-9-27(11-12)32(29,30)17-8-5-14(22)10-16(17)23/h3-8,10,12H,1-2,9,11H2,(H,24,28)/t12-/m0/s1. The fourth-order valence-corrected chi connectivity index (χ4v) is 5.83. The van der Waals surface area contributed by atoms with Crippen LogP contribution in [0.25, 0.3) is 0 Å². The molecule has 1 aliphatic rings. The van der Waals surface area contributed by atoms with Crippen molar-refractivity contribution in [1.82, 2.24) is 14.5 Å². The van der Waals surface area contributed by atoms with Crippen LogP contribution in [0.4, 0.5) is 18.9 Å². The molecule has 0 unspecified atom stereocenters. The molecule has 2 heterocycles. The van der Waals surface area contributed by atoms with Gasteiger partial charge in [-0.05, 0) is 49.2 Å². The molecule has 2 aromatic carbocycles. The van der Waals surface area contributed by atoms with E-state index in [9.17, 15) is 26.4 Å². The Morgan fingerprint density at radius 3 is 2.50 bits per heavy atom. The number of carbonyl (C=O) groups is 1. The highest BCUT2D eigenvalue weighted by Gasteiger charge is 2.34. The number of nitrogens with one attached hydrogen (secondary N) is 1. The van der Waals surface area contributed by atoms with Crippen LogP contribution >= 0.6 is 11.3 Å². The number of anilines is 1. The van der Waals surface area contributed by atoms with Crippen molar-refractivity contribution < 1.29 is 26.4 Å². The molecular formula is C20H17F3N4O3S2. The van der Waals surface area contributed by atoms with E-state index in [1.807, 2.05) is 0 Å². The van der Waals surface area contributed by atoms with E-state index in [2.05, 4.69) is 15.5 Å². The molecule has 1 atom stereocenters. The third kappa shape index (κ3) is 4.66. The summed E-state index contributed by atoms with van der Waals surface area (Å²) in [6, 6.07) is 7.58. The summed E-state index contributed by atoms with van der Waals surface area (Å²) >= 11 is 1.03. The number of benzene rings is 2. The maximum atomic E-state index is 14.1. The molecule has 0 bridgehead atoms. The second-order valence-electron chi connectivity index (χ2n) is 7.18. The number of carbonyl (C=O) groups excluding carboxylic acids is 1. The number of piperidine rings is 1. The number of rotatable bonds is 5. The van der Waals surface area contributed by atoms with Crippen LogP contribution in [0, 0.1) is 17.5 Å². The summed E-state index contributed by atoms with van der Waals surface area (Å²) in [5.74, 6) is -3.29. The quantitative estimate of drug-likeness (QED) is 0.598. The van der Waals surface area contributed by atoms with Gasteiger partial charge in [0.2, 0.25) is 15.0 Å². The molecule has 7 nitrogen and oxygen atoms in total. The maximum absolute atomic E-state index is 14.1. The fraction of sp³-hybridized carbons (Fsp3) is 0.250. The zero-order valence-electron chi connectivity index (χ0n) is 16.5. The Labute approximate surface area is 186 Å². The van der Waals surface area contributed by atoms with Crippen LogP contribution in [0.5, 0.6) is 0 Å². The lowest BCUT2D eigenvalue weighted by molar-refractivity contribution is 0.102. The molecule has 1 aromatic heterocycles. The van der Waals surface area contributed by atoms with Crippen LogP contribution in [0.2, 0.25) is 0 Å². The van der Waals surface area contributed by atoms with Crippen molar-refractivity contribution in [2.45, 2.75) is 23.7 Å². The van der Waals surface area contributed by atoms with Gasteiger partial charge in [0.05, 0.1) is 0 Å². The van der Waals surface area contributed by atoms with Crippen molar-refractivity contribution in [2.24, 2.45) is 0 Å². The van der Waals surface area contributed by atoms with Gasteiger partial charge in [0.15, 0.2) is 0 Å². The molecule has 0 spiro atoms. The first-order chi connectivity index (χ1) is 15.2. The molecule has 3 aromatic rings. The van der Waals surface area contributed by atoms with E-state index in [1.165, 1.54) is 24.3 Å². The van der Waals surface area contributed by atoms with Gasteiger partial charge in [-0.2, -0.15) is 4.31 Å². The summed E-state index contributed by atoms with van der Waals surface area (Å²) in [4.78, 5) is 11.8. The summed E-state index contributed by atoms with van der Waals surface area (Å²) in [5.41, 5.74) is 0.393. The number of aromatic nitrogens is 2. The highest BCUT2D eigenvalue weighted by molar-refractivity contribution is 7.89. The van der Waals surface area contributed by atoms with E-state index in [0.717, 1.165) is 27.8 Å². The minimum Gasteiger partial charge on any atom is -0.320 e.